The predicted molar refractivity (Wildman–Crippen MR) is 104 cm³/mol. The minimum atomic E-state index is -1.28. The van der Waals surface area contributed by atoms with Gasteiger partial charge in [0.25, 0.3) is 0 Å². The quantitative estimate of drug-likeness (QED) is 0.582. The lowest BCUT2D eigenvalue weighted by atomic mass is 9.83. The van der Waals surface area contributed by atoms with E-state index in [0.717, 1.165) is 11.8 Å². The largest absolute Gasteiger partial charge is 0.381 e. The van der Waals surface area contributed by atoms with E-state index in [2.05, 4.69) is 61.7 Å². The number of methoxy groups -OCH3 is 1. The highest BCUT2D eigenvalue weighted by atomic mass is 32.2. The van der Waals surface area contributed by atoms with E-state index < -0.39 is 8.07 Å². The summed E-state index contributed by atoms with van der Waals surface area (Å²) in [5.74, 6) is 1.56. The molecule has 0 spiro atoms. The maximum absolute atomic E-state index is 6.11. The first-order chi connectivity index (χ1) is 11.0. The third kappa shape index (κ3) is 3.57. The highest BCUT2D eigenvalue weighted by Gasteiger charge is 2.65. The average molecular weight is 349 g/mol. The van der Waals surface area contributed by atoms with Crippen molar-refractivity contribution in [3.8, 4) is 0 Å². The average Bonchev–Trinajstić information content (AvgIpc) is 3.25. The number of ether oxygens (including phenoxy) is 1. The Kier molecular flexibility index (Phi) is 5.29. The monoisotopic (exact) mass is 348 g/mol. The highest BCUT2D eigenvalue weighted by molar-refractivity contribution is 8.02. The molecule has 2 aliphatic rings. The molecule has 0 bridgehead atoms. The van der Waals surface area contributed by atoms with Crippen molar-refractivity contribution in [1.29, 1.82) is 0 Å². The van der Waals surface area contributed by atoms with Crippen LogP contribution in [0.4, 0.5) is 0 Å². The van der Waals surface area contributed by atoms with Crippen LogP contribution in [0.1, 0.15) is 38.5 Å². The highest BCUT2D eigenvalue weighted by Crippen LogP contribution is 2.64. The summed E-state index contributed by atoms with van der Waals surface area (Å²) < 4.78 is 6.58. The van der Waals surface area contributed by atoms with Crippen molar-refractivity contribution in [2.45, 2.75) is 73.5 Å². The molecule has 3 heteroatoms. The predicted octanol–water partition coefficient (Wildman–Crippen LogP) is 6.01. The summed E-state index contributed by atoms with van der Waals surface area (Å²) in [4.78, 5) is 1.44. The van der Waals surface area contributed by atoms with Crippen LogP contribution in [0.15, 0.2) is 35.2 Å². The number of hydrogen-bond donors (Lipinski definition) is 0. The summed E-state index contributed by atoms with van der Waals surface area (Å²) in [5, 5.41) is 0. The molecule has 0 saturated heterocycles. The molecule has 0 aliphatic heterocycles. The van der Waals surface area contributed by atoms with E-state index in [4.69, 9.17) is 4.74 Å². The summed E-state index contributed by atoms with van der Waals surface area (Å²) in [7, 11) is 0.679. The minimum absolute atomic E-state index is 0.465. The van der Waals surface area contributed by atoms with Crippen LogP contribution in [0.3, 0.4) is 0 Å². The number of hydrogen-bond acceptors (Lipinski definition) is 2. The zero-order valence-corrected chi connectivity index (χ0v) is 17.0. The smallest absolute Gasteiger partial charge is 0.0638 e. The third-order valence-electron chi connectivity index (χ3n) is 6.06. The van der Waals surface area contributed by atoms with E-state index in [1.807, 2.05) is 7.11 Å². The lowest BCUT2D eigenvalue weighted by Gasteiger charge is -2.35. The summed E-state index contributed by atoms with van der Waals surface area (Å²) in [6.45, 7) is 7.66. The summed E-state index contributed by atoms with van der Waals surface area (Å²) in [6, 6.07) is 11.0. The Morgan fingerprint density at radius 2 is 1.74 bits per heavy atom. The van der Waals surface area contributed by atoms with Crippen LogP contribution >= 0.6 is 11.8 Å². The number of thioether (sulfide) groups is 1. The Morgan fingerprint density at radius 1 is 1.09 bits per heavy atom. The Bertz CT molecular complexity index is 506. The molecular weight excluding hydrogens is 316 g/mol. The second-order valence-corrected chi connectivity index (χ2v) is 15.6. The molecule has 1 aromatic rings. The maximum atomic E-state index is 6.11. The molecular formula is C20H32OSSi. The topological polar surface area (TPSA) is 9.23 Å². The second kappa shape index (κ2) is 6.93. The molecule has 0 radical (unpaired) electrons. The molecule has 1 aromatic carbocycles. The van der Waals surface area contributed by atoms with E-state index in [9.17, 15) is 0 Å². The van der Waals surface area contributed by atoms with Gasteiger partial charge >= 0.3 is 0 Å². The fourth-order valence-electron chi connectivity index (χ4n) is 4.63. The van der Waals surface area contributed by atoms with Crippen LogP contribution in [-0.2, 0) is 4.74 Å². The van der Waals surface area contributed by atoms with Gasteiger partial charge in [-0.15, -0.1) is 11.8 Å². The standard InChI is InChI=1S/C20H32OSSi/c1-21-19(16-11-7-5-8-12-16)18-15-20(18,23(2,3)4)22-17-13-9-6-10-14-17/h6,9-10,13-14,16,18-19H,5,7-8,11-12,15H2,1-4H3/t18-,19+,20+/m0/s1. The van der Waals surface area contributed by atoms with Crippen molar-refractivity contribution in [3.63, 3.8) is 0 Å². The van der Waals surface area contributed by atoms with Gasteiger partial charge in [-0.1, -0.05) is 57.1 Å². The second-order valence-electron chi connectivity index (χ2n) is 8.46. The molecule has 3 rings (SSSR count). The summed E-state index contributed by atoms with van der Waals surface area (Å²) in [5.41, 5.74) is 0. The first-order valence-electron chi connectivity index (χ1n) is 9.25. The molecule has 0 aromatic heterocycles. The number of benzene rings is 1. The van der Waals surface area contributed by atoms with Gasteiger partial charge in [0.15, 0.2) is 0 Å². The number of rotatable bonds is 6. The van der Waals surface area contributed by atoms with Crippen molar-refractivity contribution in [3.05, 3.63) is 30.3 Å². The van der Waals surface area contributed by atoms with Gasteiger partial charge in [-0.2, -0.15) is 0 Å². The fraction of sp³-hybridized carbons (Fsp3) is 0.700. The van der Waals surface area contributed by atoms with E-state index >= 15 is 0 Å². The lowest BCUT2D eigenvalue weighted by Crippen LogP contribution is -2.43. The molecule has 0 amide bonds. The summed E-state index contributed by atoms with van der Waals surface area (Å²) in [6.07, 6.45) is 8.84. The summed E-state index contributed by atoms with van der Waals surface area (Å²) >= 11 is 2.16. The van der Waals surface area contributed by atoms with E-state index in [1.165, 1.54) is 43.4 Å². The molecule has 128 valence electrons. The van der Waals surface area contributed by atoms with Crippen LogP contribution in [0.25, 0.3) is 0 Å². The maximum Gasteiger partial charge on any atom is 0.0638 e. The SMILES string of the molecule is CO[C@H](C1CCCCC1)[C@@H]1C[C@@]1(Sc1ccccc1)[Si](C)(C)C. The van der Waals surface area contributed by atoms with Crippen molar-refractivity contribution in [2.24, 2.45) is 11.8 Å². The Labute approximate surface area is 147 Å². The van der Waals surface area contributed by atoms with Crippen LogP contribution < -0.4 is 0 Å². The third-order valence-corrected chi connectivity index (χ3v) is 12.7. The molecule has 2 aliphatic carbocycles. The zero-order valence-electron chi connectivity index (χ0n) is 15.2. The molecule has 1 nitrogen and oxygen atoms in total. The molecule has 0 N–H and O–H groups in total. The normalized spacial score (nSPS) is 30.2. The van der Waals surface area contributed by atoms with Crippen LogP contribution in [-0.4, -0.2) is 25.7 Å². The van der Waals surface area contributed by atoms with Gasteiger partial charge in [-0.3, -0.25) is 0 Å². The Balaban J connectivity index is 1.79. The molecule has 23 heavy (non-hydrogen) atoms. The fourth-order valence-corrected chi connectivity index (χ4v) is 9.58. The Hall–Kier alpha value is -0.253. The van der Waals surface area contributed by atoms with Gasteiger partial charge in [0.2, 0.25) is 0 Å². The first kappa shape index (κ1) is 17.6. The van der Waals surface area contributed by atoms with Gasteiger partial charge in [0, 0.05) is 16.4 Å². The molecule has 0 unspecified atom stereocenters. The molecule has 3 atom stereocenters. The first-order valence-corrected chi connectivity index (χ1v) is 13.6. The van der Waals surface area contributed by atoms with Crippen LogP contribution in [0.2, 0.25) is 19.6 Å². The zero-order chi connectivity index (χ0) is 16.5. The minimum Gasteiger partial charge on any atom is -0.381 e. The van der Waals surface area contributed by atoms with Crippen LogP contribution in [0, 0.1) is 11.8 Å². The molecule has 2 saturated carbocycles. The Morgan fingerprint density at radius 3 is 2.30 bits per heavy atom. The van der Waals surface area contributed by atoms with E-state index in [-0.39, 0.29) is 0 Å². The molecule has 2 fully saturated rings. The van der Waals surface area contributed by atoms with Crippen molar-refractivity contribution in [2.75, 3.05) is 7.11 Å². The van der Waals surface area contributed by atoms with Crippen LogP contribution in [0.5, 0.6) is 0 Å². The van der Waals surface area contributed by atoms with Gasteiger partial charge in [-0.25, -0.2) is 0 Å². The lowest BCUT2D eigenvalue weighted by molar-refractivity contribution is 0.0197. The van der Waals surface area contributed by atoms with Crippen molar-refractivity contribution < 1.29 is 4.74 Å². The van der Waals surface area contributed by atoms with Gasteiger partial charge in [0.1, 0.15) is 0 Å². The van der Waals surface area contributed by atoms with E-state index in [1.54, 1.807) is 0 Å². The molecule has 0 heterocycles. The van der Waals surface area contributed by atoms with Crippen molar-refractivity contribution in [1.82, 2.24) is 0 Å². The van der Waals surface area contributed by atoms with Gasteiger partial charge < -0.3 is 4.74 Å². The van der Waals surface area contributed by atoms with E-state index in [0.29, 0.717) is 10.5 Å². The van der Waals surface area contributed by atoms with Gasteiger partial charge in [0.05, 0.1) is 14.2 Å². The van der Waals surface area contributed by atoms with Gasteiger partial charge in [-0.05, 0) is 43.2 Å². The van der Waals surface area contributed by atoms with Crippen molar-refractivity contribution >= 4 is 19.8 Å².